The van der Waals surface area contributed by atoms with E-state index in [-0.39, 0.29) is 6.04 Å². The normalized spacial score (nSPS) is 13.7. The first-order valence-corrected chi connectivity index (χ1v) is 9.70. The van der Waals surface area contributed by atoms with Gasteiger partial charge in [-0.25, -0.2) is 0 Å². The largest absolute Gasteiger partial charge is 0.501 e. The number of ether oxygens (including phenoxy) is 1. The number of allylic oxidation sites excluding steroid dienone is 2. The van der Waals surface area contributed by atoms with Crippen molar-refractivity contribution in [2.75, 3.05) is 7.11 Å². The second-order valence-corrected chi connectivity index (χ2v) is 6.99. The molecule has 1 heterocycles. The zero-order valence-electron chi connectivity index (χ0n) is 17.1. The number of aromatic nitrogens is 1. The Morgan fingerprint density at radius 1 is 1.21 bits per heavy atom. The average molecular weight is 373 g/mol. The Labute approximate surface area is 167 Å². The number of fused-ring (bicyclic) bond motifs is 3. The predicted molar refractivity (Wildman–Crippen MR) is 119 cm³/mol. The number of methoxy groups -OCH3 is 1. The molecule has 0 aliphatic rings. The highest BCUT2D eigenvalue weighted by molar-refractivity contribution is 6.08. The Balaban J connectivity index is 1.86. The van der Waals surface area contributed by atoms with Crippen molar-refractivity contribution in [1.82, 2.24) is 9.88 Å². The number of aryl methyl sites for hydroxylation is 1. The van der Waals surface area contributed by atoms with E-state index < -0.39 is 0 Å². The lowest BCUT2D eigenvalue weighted by atomic mass is 10.1. The van der Waals surface area contributed by atoms with Crippen LogP contribution in [0.5, 0.6) is 0 Å². The summed E-state index contributed by atoms with van der Waals surface area (Å²) in [6, 6.07) is 15.5. The molecule has 0 spiro atoms. The van der Waals surface area contributed by atoms with E-state index in [0.717, 1.165) is 24.4 Å². The summed E-state index contributed by atoms with van der Waals surface area (Å²) in [7, 11) is 1.67. The molecule has 3 heteroatoms. The molecule has 0 aliphatic heterocycles. The van der Waals surface area contributed by atoms with E-state index in [0.29, 0.717) is 0 Å². The third-order valence-electron chi connectivity index (χ3n) is 5.21. The van der Waals surface area contributed by atoms with Crippen LogP contribution in [0.25, 0.3) is 21.8 Å². The van der Waals surface area contributed by atoms with E-state index in [4.69, 9.17) is 11.2 Å². The zero-order valence-corrected chi connectivity index (χ0v) is 17.1. The van der Waals surface area contributed by atoms with Crippen molar-refractivity contribution < 1.29 is 4.74 Å². The number of rotatable bonds is 7. The molecule has 1 atom stereocenters. The van der Waals surface area contributed by atoms with Gasteiger partial charge in [0.1, 0.15) is 0 Å². The van der Waals surface area contributed by atoms with Gasteiger partial charge in [-0.3, -0.25) is 0 Å². The summed E-state index contributed by atoms with van der Waals surface area (Å²) in [5.74, 6) is 3.46. The molecule has 0 bridgehead atoms. The monoisotopic (exact) mass is 372 g/mol. The minimum absolute atomic E-state index is 0.119. The number of benzene rings is 2. The van der Waals surface area contributed by atoms with Gasteiger partial charge in [-0.1, -0.05) is 30.2 Å². The SMILES string of the molecule is C#C/C=C(\C=C(/C)OC)C(C)NCc1ccc2c(c1)c1ccccc1n2CC. The van der Waals surface area contributed by atoms with Crippen LogP contribution < -0.4 is 5.32 Å². The second-order valence-electron chi connectivity index (χ2n) is 6.99. The molecule has 144 valence electrons. The molecular weight excluding hydrogens is 344 g/mol. The van der Waals surface area contributed by atoms with Gasteiger partial charge in [-0.2, -0.15) is 0 Å². The lowest BCUT2D eigenvalue weighted by molar-refractivity contribution is 0.293. The zero-order chi connectivity index (χ0) is 20.1. The molecular formula is C25H28N2O. The summed E-state index contributed by atoms with van der Waals surface area (Å²) in [5, 5.41) is 6.19. The summed E-state index contributed by atoms with van der Waals surface area (Å²) in [6.45, 7) is 7.96. The molecule has 0 aliphatic carbocycles. The molecule has 3 aromatic rings. The number of nitrogens with one attached hydrogen (secondary N) is 1. The van der Waals surface area contributed by atoms with Gasteiger partial charge in [0.15, 0.2) is 0 Å². The van der Waals surface area contributed by atoms with Gasteiger partial charge in [0.25, 0.3) is 0 Å². The van der Waals surface area contributed by atoms with Crippen molar-refractivity contribution >= 4 is 21.8 Å². The lowest BCUT2D eigenvalue weighted by Crippen LogP contribution is -2.27. The van der Waals surface area contributed by atoms with Crippen LogP contribution in [0.15, 0.2) is 65.9 Å². The fraction of sp³-hybridized carbons (Fsp3) is 0.280. The molecule has 1 aromatic heterocycles. The number of hydrogen-bond donors (Lipinski definition) is 1. The maximum atomic E-state index is 5.50. The van der Waals surface area contributed by atoms with Gasteiger partial charge in [-0.15, -0.1) is 6.42 Å². The molecule has 1 unspecified atom stereocenters. The predicted octanol–water partition coefficient (Wildman–Crippen LogP) is 5.40. The Morgan fingerprint density at radius 2 is 1.96 bits per heavy atom. The Bertz CT molecular complexity index is 1080. The van der Waals surface area contributed by atoms with Gasteiger partial charge >= 0.3 is 0 Å². The summed E-state index contributed by atoms with van der Waals surface area (Å²) in [6.07, 6.45) is 9.27. The number of terminal acetylenes is 1. The highest BCUT2D eigenvalue weighted by atomic mass is 16.5. The van der Waals surface area contributed by atoms with E-state index in [1.54, 1.807) is 13.2 Å². The van der Waals surface area contributed by atoms with Crippen LogP contribution in [-0.2, 0) is 17.8 Å². The van der Waals surface area contributed by atoms with E-state index in [9.17, 15) is 0 Å². The molecule has 0 fully saturated rings. The minimum atomic E-state index is 0.119. The lowest BCUT2D eigenvalue weighted by Gasteiger charge is -2.16. The Hall–Kier alpha value is -2.96. The van der Waals surface area contributed by atoms with Crippen molar-refractivity contribution in [3.05, 3.63) is 71.5 Å². The Kier molecular flexibility index (Phi) is 6.23. The molecule has 0 saturated carbocycles. The fourth-order valence-electron chi connectivity index (χ4n) is 3.62. The topological polar surface area (TPSA) is 26.2 Å². The van der Waals surface area contributed by atoms with Crippen LogP contribution in [0, 0.1) is 12.3 Å². The summed E-state index contributed by atoms with van der Waals surface area (Å²) >= 11 is 0. The van der Waals surface area contributed by atoms with Crippen molar-refractivity contribution in [3.8, 4) is 12.3 Å². The van der Waals surface area contributed by atoms with Crippen LogP contribution >= 0.6 is 0 Å². The van der Waals surface area contributed by atoms with Crippen LogP contribution in [0.4, 0.5) is 0 Å². The molecule has 3 rings (SSSR count). The van der Waals surface area contributed by atoms with Gasteiger partial charge in [0, 0.05) is 40.9 Å². The number of nitrogens with zero attached hydrogens (tertiary/aromatic N) is 1. The van der Waals surface area contributed by atoms with Crippen molar-refractivity contribution in [1.29, 1.82) is 0 Å². The minimum Gasteiger partial charge on any atom is -0.501 e. The van der Waals surface area contributed by atoms with E-state index >= 15 is 0 Å². The molecule has 1 N–H and O–H groups in total. The maximum absolute atomic E-state index is 5.50. The Morgan fingerprint density at radius 3 is 2.68 bits per heavy atom. The first-order valence-electron chi connectivity index (χ1n) is 9.70. The third-order valence-corrected chi connectivity index (χ3v) is 5.21. The van der Waals surface area contributed by atoms with Crippen LogP contribution in [0.2, 0.25) is 0 Å². The highest BCUT2D eigenvalue weighted by Crippen LogP contribution is 2.29. The molecule has 2 aromatic carbocycles. The van der Waals surface area contributed by atoms with E-state index in [1.807, 2.05) is 13.0 Å². The average Bonchev–Trinajstić information content (AvgIpc) is 3.04. The van der Waals surface area contributed by atoms with E-state index in [2.05, 4.69) is 72.1 Å². The molecule has 28 heavy (non-hydrogen) atoms. The van der Waals surface area contributed by atoms with Gasteiger partial charge in [-0.05, 0) is 62.3 Å². The fourth-order valence-corrected chi connectivity index (χ4v) is 3.62. The number of para-hydroxylation sites is 1. The van der Waals surface area contributed by atoms with Crippen LogP contribution in [-0.4, -0.2) is 17.7 Å². The summed E-state index contributed by atoms with van der Waals surface area (Å²) < 4.78 is 7.64. The molecule has 0 amide bonds. The van der Waals surface area contributed by atoms with Crippen molar-refractivity contribution in [2.24, 2.45) is 0 Å². The molecule has 0 radical (unpaired) electrons. The molecule has 0 saturated heterocycles. The van der Waals surface area contributed by atoms with Crippen LogP contribution in [0.1, 0.15) is 26.3 Å². The first kappa shape index (κ1) is 19.8. The summed E-state index contributed by atoms with van der Waals surface area (Å²) in [5.41, 5.74) is 4.86. The smallest absolute Gasteiger partial charge is 0.0928 e. The quantitative estimate of drug-likeness (QED) is 0.341. The van der Waals surface area contributed by atoms with Crippen LogP contribution in [0.3, 0.4) is 0 Å². The standard InChI is InChI=1S/C25H28N2O/c1-6-10-21(15-18(3)28-5)19(4)26-17-20-13-14-25-23(16-20)22-11-8-9-12-24(22)27(25)7-2/h1,8-16,19,26H,7,17H2,2-5H3/b18-15+,21-10+. The van der Waals surface area contributed by atoms with Gasteiger partial charge in [0.05, 0.1) is 12.9 Å². The van der Waals surface area contributed by atoms with E-state index in [1.165, 1.54) is 27.4 Å². The van der Waals surface area contributed by atoms with Crippen molar-refractivity contribution in [2.45, 2.75) is 39.9 Å². The third kappa shape index (κ3) is 3.98. The number of hydrogen-bond acceptors (Lipinski definition) is 2. The maximum Gasteiger partial charge on any atom is 0.0928 e. The first-order chi connectivity index (χ1) is 13.6. The summed E-state index contributed by atoms with van der Waals surface area (Å²) in [4.78, 5) is 0. The van der Waals surface area contributed by atoms with Gasteiger partial charge < -0.3 is 14.6 Å². The van der Waals surface area contributed by atoms with Crippen molar-refractivity contribution in [3.63, 3.8) is 0 Å². The van der Waals surface area contributed by atoms with Gasteiger partial charge in [0.2, 0.25) is 0 Å². The molecule has 3 nitrogen and oxygen atoms in total. The second kappa shape index (κ2) is 8.82. The highest BCUT2D eigenvalue weighted by Gasteiger charge is 2.11.